The third-order valence-electron chi connectivity index (χ3n) is 3.70. The minimum Gasteiger partial charge on any atom is -0.392 e. The maximum atomic E-state index is 10.4. The summed E-state index contributed by atoms with van der Waals surface area (Å²) in [6.45, 7) is 2.14. The molecule has 0 fully saturated rings. The van der Waals surface area contributed by atoms with E-state index in [0.717, 1.165) is 19.3 Å². The van der Waals surface area contributed by atoms with E-state index in [2.05, 4.69) is 43.3 Å². The van der Waals surface area contributed by atoms with Crippen molar-refractivity contribution in [2.75, 3.05) is 0 Å². The summed E-state index contributed by atoms with van der Waals surface area (Å²) in [6.07, 6.45) is 2.45. The zero-order valence-corrected chi connectivity index (χ0v) is 11.5. The molecule has 2 unspecified atom stereocenters. The Bertz CT molecular complexity index is 464. The van der Waals surface area contributed by atoms with E-state index in [-0.39, 0.29) is 12.0 Å². The number of hydrogen-bond acceptors (Lipinski definition) is 1. The summed E-state index contributed by atoms with van der Waals surface area (Å²) < 4.78 is 0. The highest BCUT2D eigenvalue weighted by Crippen LogP contribution is 2.25. The van der Waals surface area contributed by atoms with Crippen molar-refractivity contribution in [3.8, 4) is 0 Å². The normalized spacial score (nSPS) is 14.0. The minimum atomic E-state index is -0.271. The van der Waals surface area contributed by atoms with Crippen molar-refractivity contribution in [1.29, 1.82) is 0 Å². The van der Waals surface area contributed by atoms with Gasteiger partial charge in [0.15, 0.2) is 0 Å². The topological polar surface area (TPSA) is 20.2 Å². The second kappa shape index (κ2) is 7.10. The van der Waals surface area contributed by atoms with Gasteiger partial charge in [-0.25, -0.2) is 0 Å². The molecular formula is C18H22O. The van der Waals surface area contributed by atoms with Gasteiger partial charge in [-0.05, 0) is 30.4 Å². The van der Waals surface area contributed by atoms with Crippen LogP contribution in [0.5, 0.6) is 0 Å². The zero-order chi connectivity index (χ0) is 13.5. The highest BCUT2D eigenvalue weighted by atomic mass is 16.3. The Balaban J connectivity index is 1.96. The molecule has 0 heterocycles. The van der Waals surface area contributed by atoms with E-state index in [0.29, 0.717) is 0 Å². The van der Waals surface area contributed by atoms with Crippen LogP contribution in [0.1, 0.15) is 36.8 Å². The molecule has 2 aromatic rings. The van der Waals surface area contributed by atoms with Crippen molar-refractivity contribution in [2.24, 2.45) is 0 Å². The van der Waals surface area contributed by atoms with Crippen LogP contribution in [0, 0.1) is 0 Å². The van der Waals surface area contributed by atoms with E-state index in [1.165, 1.54) is 11.1 Å². The number of aryl methyl sites for hydroxylation is 1. The minimum absolute atomic E-state index is 0.241. The van der Waals surface area contributed by atoms with Gasteiger partial charge in [-0.2, -0.15) is 0 Å². The van der Waals surface area contributed by atoms with E-state index in [1.807, 2.05) is 24.3 Å². The molecule has 0 aliphatic heterocycles. The summed E-state index contributed by atoms with van der Waals surface area (Å²) in [5.41, 5.74) is 2.54. The molecule has 19 heavy (non-hydrogen) atoms. The van der Waals surface area contributed by atoms with Crippen LogP contribution >= 0.6 is 0 Å². The van der Waals surface area contributed by atoms with Gasteiger partial charge in [-0.15, -0.1) is 0 Å². The molecule has 2 rings (SSSR count). The fourth-order valence-corrected chi connectivity index (χ4v) is 2.59. The maximum absolute atomic E-state index is 10.4. The van der Waals surface area contributed by atoms with Crippen LogP contribution in [0.15, 0.2) is 60.7 Å². The number of rotatable bonds is 6. The summed E-state index contributed by atoms with van der Waals surface area (Å²) in [5, 5.41) is 10.4. The van der Waals surface area contributed by atoms with E-state index >= 15 is 0 Å². The van der Waals surface area contributed by atoms with Gasteiger partial charge in [0.1, 0.15) is 0 Å². The predicted molar refractivity (Wildman–Crippen MR) is 80.2 cm³/mol. The highest BCUT2D eigenvalue weighted by molar-refractivity contribution is 5.21. The smallest absolute Gasteiger partial charge is 0.0611 e. The van der Waals surface area contributed by atoms with E-state index in [9.17, 15) is 5.11 Å². The lowest BCUT2D eigenvalue weighted by Gasteiger charge is -2.22. The van der Waals surface area contributed by atoms with Gasteiger partial charge in [-0.3, -0.25) is 0 Å². The number of aliphatic hydroxyl groups is 1. The molecular weight excluding hydrogens is 232 g/mol. The average Bonchev–Trinajstić information content (AvgIpc) is 2.48. The molecule has 1 N–H and O–H groups in total. The first-order chi connectivity index (χ1) is 9.31. The molecule has 1 nitrogen and oxygen atoms in total. The molecule has 0 saturated heterocycles. The number of hydrogen-bond donors (Lipinski definition) is 1. The van der Waals surface area contributed by atoms with Crippen molar-refractivity contribution in [1.82, 2.24) is 0 Å². The van der Waals surface area contributed by atoms with Gasteiger partial charge >= 0.3 is 0 Å². The Morgan fingerprint density at radius 2 is 1.47 bits per heavy atom. The van der Waals surface area contributed by atoms with Crippen LogP contribution in [0.25, 0.3) is 0 Å². The van der Waals surface area contributed by atoms with E-state index in [1.54, 1.807) is 0 Å². The molecule has 0 spiro atoms. The molecule has 0 aromatic heterocycles. The zero-order valence-electron chi connectivity index (χ0n) is 11.5. The summed E-state index contributed by atoms with van der Waals surface area (Å²) >= 11 is 0. The highest BCUT2D eigenvalue weighted by Gasteiger charge is 2.18. The maximum Gasteiger partial charge on any atom is 0.0611 e. The Morgan fingerprint density at radius 3 is 2.05 bits per heavy atom. The van der Waals surface area contributed by atoms with Crippen LogP contribution in [0.4, 0.5) is 0 Å². The Morgan fingerprint density at radius 1 is 0.895 bits per heavy atom. The van der Waals surface area contributed by atoms with Crippen molar-refractivity contribution in [3.63, 3.8) is 0 Å². The molecule has 0 amide bonds. The standard InChI is InChI=1S/C18H22O/c1-2-17(16-11-7-4-8-12-16)18(19)14-13-15-9-5-3-6-10-15/h3-12,17-19H,2,13-14H2,1H3. The second-order valence-corrected chi connectivity index (χ2v) is 5.02. The summed E-state index contributed by atoms with van der Waals surface area (Å²) in [4.78, 5) is 0. The van der Waals surface area contributed by atoms with Gasteiger partial charge < -0.3 is 5.11 Å². The molecule has 0 radical (unpaired) electrons. The lowest BCUT2D eigenvalue weighted by molar-refractivity contribution is 0.131. The van der Waals surface area contributed by atoms with Crippen molar-refractivity contribution in [2.45, 2.75) is 38.2 Å². The van der Waals surface area contributed by atoms with Crippen molar-refractivity contribution in [3.05, 3.63) is 71.8 Å². The lowest BCUT2D eigenvalue weighted by Crippen LogP contribution is -2.18. The largest absolute Gasteiger partial charge is 0.392 e. The summed E-state index contributed by atoms with van der Waals surface area (Å²) in [7, 11) is 0. The van der Waals surface area contributed by atoms with Crippen LogP contribution < -0.4 is 0 Å². The first kappa shape index (κ1) is 13.8. The molecule has 2 aromatic carbocycles. The third-order valence-corrected chi connectivity index (χ3v) is 3.70. The SMILES string of the molecule is CCC(c1ccccc1)C(O)CCc1ccccc1. The van der Waals surface area contributed by atoms with Gasteiger partial charge in [0.05, 0.1) is 6.10 Å². The third kappa shape index (κ3) is 3.93. The molecule has 0 saturated carbocycles. The van der Waals surface area contributed by atoms with Crippen LogP contribution in [-0.2, 0) is 6.42 Å². The predicted octanol–water partition coefficient (Wildman–Crippen LogP) is 4.17. The van der Waals surface area contributed by atoms with Gasteiger partial charge in [0.25, 0.3) is 0 Å². The van der Waals surface area contributed by atoms with Crippen LogP contribution in [0.2, 0.25) is 0 Å². The number of aliphatic hydroxyl groups excluding tert-OH is 1. The summed E-state index contributed by atoms with van der Waals surface area (Å²) in [6, 6.07) is 20.7. The van der Waals surface area contributed by atoms with E-state index < -0.39 is 0 Å². The van der Waals surface area contributed by atoms with Crippen molar-refractivity contribution < 1.29 is 5.11 Å². The monoisotopic (exact) mass is 254 g/mol. The molecule has 0 aliphatic carbocycles. The first-order valence-electron chi connectivity index (χ1n) is 7.08. The van der Waals surface area contributed by atoms with Crippen molar-refractivity contribution >= 4 is 0 Å². The number of benzene rings is 2. The summed E-state index contributed by atoms with van der Waals surface area (Å²) in [5.74, 6) is 0.241. The van der Waals surface area contributed by atoms with Gasteiger partial charge in [0, 0.05) is 5.92 Å². The quantitative estimate of drug-likeness (QED) is 0.820. The second-order valence-electron chi connectivity index (χ2n) is 5.02. The molecule has 1 heteroatoms. The molecule has 0 bridgehead atoms. The first-order valence-corrected chi connectivity index (χ1v) is 7.08. The van der Waals surface area contributed by atoms with Crippen LogP contribution in [-0.4, -0.2) is 11.2 Å². The lowest BCUT2D eigenvalue weighted by atomic mass is 9.88. The van der Waals surface area contributed by atoms with Gasteiger partial charge in [0.2, 0.25) is 0 Å². The van der Waals surface area contributed by atoms with Gasteiger partial charge in [-0.1, -0.05) is 67.6 Å². The van der Waals surface area contributed by atoms with E-state index in [4.69, 9.17) is 0 Å². The van der Waals surface area contributed by atoms with Crippen LogP contribution in [0.3, 0.4) is 0 Å². The average molecular weight is 254 g/mol. The molecule has 2 atom stereocenters. The fourth-order valence-electron chi connectivity index (χ4n) is 2.59. The Hall–Kier alpha value is -1.60. The molecule has 0 aliphatic rings. The Kier molecular flexibility index (Phi) is 5.17. The fraction of sp³-hybridized carbons (Fsp3) is 0.333. The molecule has 100 valence electrons. The Labute approximate surface area is 115 Å².